The van der Waals surface area contributed by atoms with Gasteiger partial charge >= 0.3 is 0 Å². The third-order valence-electron chi connectivity index (χ3n) is 6.46. The lowest BCUT2D eigenvalue weighted by Gasteiger charge is -2.34. The van der Waals surface area contributed by atoms with Crippen LogP contribution >= 0.6 is 11.6 Å². The Morgan fingerprint density at radius 3 is 2.26 bits per heavy atom. The summed E-state index contributed by atoms with van der Waals surface area (Å²) in [5.41, 5.74) is 3.75. The molecule has 11 heteroatoms. The Hall–Kier alpha value is -3.08. The molecule has 1 fully saturated rings. The van der Waals surface area contributed by atoms with Gasteiger partial charge in [0.1, 0.15) is 11.6 Å². The fourth-order valence-corrected chi connectivity index (χ4v) is 4.88. The molecular formula is C27H34ClFN6O2S. The Morgan fingerprint density at radius 1 is 0.947 bits per heavy atom. The lowest BCUT2D eigenvalue weighted by Crippen LogP contribution is -2.44. The molecule has 38 heavy (non-hydrogen) atoms. The molecule has 3 N–H and O–H groups in total. The van der Waals surface area contributed by atoms with Crippen molar-refractivity contribution in [1.29, 1.82) is 0 Å². The SMILES string of the molecule is Cc1cnc(Nc2ccc(N3CCN(C)CC3)c(F)c2)cc1Nc1ccc(Cl)c(NS(=O)(=O)C(C)(C)C)c1. The van der Waals surface area contributed by atoms with Gasteiger partial charge in [0.2, 0.25) is 10.0 Å². The summed E-state index contributed by atoms with van der Waals surface area (Å²) >= 11 is 6.27. The van der Waals surface area contributed by atoms with Gasteiger partial charge in [0.05, 0.1) is 21.1 Å². The standard InChI is InChI=1S/C27H34ClFN6O2S/c1-18-17-30-26(32-19-7-9-25(22(29)14-19)35-12-10-34(5)11-13-35)16-23(18)31-20-6-8-21(28)24(15-20)33-38(36,37)27(2,3)4/h6-9,14-17,33H,10-13H2,1-5H3,(H2,30,31,32). The molecule has 4 rings (SSSR count). The molecule has 1 saturated heterocycles. The molecule has 8 nitrogen and oxygen atoms in total. The summed E-state index contributed by atoms with van der Waals surface area (Å²) < 4.78 is 41.8. The summed E-state index contributed by atoms with van der Waals surface area (Å²) in [5.74, 6) is 0.254. The summed E-state index contributed by atoms with van der Waals surface area (Å²) in [6.07, 6.45) is 1.71. The topological polar surface area (TPSA) is 89.6 Å². The van der Waals surface area contributed by atoms with Crippen molar-refractivity contribution in [1.82, 2.24) is 9.88 Å². The number of nitrogens with zero attached hydrogens (tertiary/aromatic N) is 3. The Kier molecular flexibility index (Phi) is 8.06. The predicted octanol–water partition coefficient (Wildman–Crippen LogP) is 5.96. The normalized spacial score (nSPS) is 14.9. The first-order chi connectivity index (χ1) is 17.8. The molecule has 0 bridgehead atoms. The Morgan fingerprint density at radius 2 is 1.61 bits per heavy atom. The number of aromatic nitrogens is 1. The van der Waals surface area contributed by atoms with Gasteiger partial charge in [-0.3, -0.25) is 4.72 Å². The van der Waals surface area contributed by atoms with Crippen LogP contribution < -0.4 is 20.3 Å². The van der Waals surface area contributed by atoms with Gasteiger partial charge in [-0.1, -0.05) is 11.6 Å². The van der Waals surface area contributed by atoms with E-state index in [0.717, 1.165) is 37.4 Å². The zero-order chi connectivity index (χ0) is 27.7. The molecule has 0 saturated carbocycles. The van der Waals surface area contributed by atoms with Crippen molar-refractivity contribution in [3.63, 3.8) is 0 Å². The molecule has 0 radical (unpaired) electrons. The van der Waals surface area contributed by atoms with Crippen LogP contribution in [0.4, 0.5) is 38.6 Å². The van der Waals surface area contributed by atoms with Crippen LogP contribution in [0.1, 0.15) is 26.3 Å². The smallest absolute Gasteiger partial charge is 0.237 e. The van der Waals surface area contributed by atoms with E-state index in [9.17, 15) is 12.8 Å². The minimum atomic E-state index is -3.65. The van der Waals surface area contributed by atoms with E-state index < -0.39 is 14.8 Å². The van der Waals surface area contributed by atoms with E-state index in [1.54, 1.807) is 51.2 Å². The average Bonchev–Trinajstić information content (AvgIpc) is 2.83. The molecule has 1 aliphatic rings. The van der Waals surface area contributed by atoms with Crippen molar-refractivity contribution in [2.75, 3.05) is 53.5 Å². The minimum Gasteiger partial charge on any atom is -0.367 e. The number of hydrogen-bond donors (Lipinski definition) is 3. The summed E-state index contributed by atoms with van der Waals surface area (Å²) in [7, 11) is -1.58. The van der Waals surface area contributed by atoms with Gasteiger partial charge in [0, 0.05) is 55.5 Å². The molecule has 0 aliphatic carbocycles. The number of anilines is 6. The van der Waals surface area contributed by atoms with Gasteiger partial charge < -0.3 is 20.4 Å². The summed E-state index contributed by atoms with van der Waals surface area (Å²) in [6.45, 7) is 10.1. The van der Waals surface area contributed by atoms with Crippen LogP contribution in [0.15, 0.2) is 48.7 Å². The molecular weight excluding hydrogens is 527 g/mol. The van der Waals surface area contributed by atoms with Crippen molar-refractivity contribution in [3.05, 3.63) is 65.1 Å². The molecule has 3 aromatic rings. The van der Waals surface area contributed by atoms with Crippen molar-refractivity contribution in [2.45, 2.75) is 32.4 Å². The number of pyridine rings is 1. The van der Waals surface area contributed by atoms with Crippen LogP contribution in [-0.4, -0.2) is 56.3 Å². The highest BCUT2D eigenvalue weighted by Crippen LogP contribution is 2.32. The van der Waals surface area contributed by atoms with E-state index in [-0.39, 0.29) is 11.5 Å². The van der Waals surface area contributed by atoms with Gasteiger partial charge in [-0.15, -0.1) is 0 Å². The number of piperazine rings is 1. The van der Waals surface area contributed by atoms with E-state index in [1.165, 1.54) is 6.07 Å². The second-order valence-electron chi connectivity index (χ2n) is 10.5. The summed E-state index contributed by atoms with van der Waals surface area (Å²) in [6, 6.07) is 12.0. The molecule has 204 valence electrons. The van der Waals surface area contributed by atoms with Crippen molar-refractivity contribution in [3.8, 4) is 0 Å². The summed E-state index contributed by atoms with van der Waals surface area (Å²) in [5, 5.41) is 6.76. The third kappa shape index (κ3) is 6.48. The van der Waals surface area contributed by atoms with Crippen molar-refractivity contribution < 1.29 is 12.8 Å². The van der Waals surface area contributed by atoms with E-state index in [2.05, 4.69) is 37.2 Å². The predicted molar refractivity (Wildman–Crippen MR) is 155 cm³/mol. The molecule has 0 atom stereocenters. The van der Waals surface area contributed by atoms with E-state index >= 15 is 0 Å². The second kappa shape index (κ2) is 11.0. The lowest BCUT2D eigenvalue weighted by molar-refractivity contribution is 0.311. The highest BCUT2D eigenvalue weighted by molar-refractivity contribution is 7.94. The number of sulfonamides is 1. The van der Waals surface area contributed by atoms with Crippen LogP contribution in [0, 0.1) is 12.7 Å². The highest BCUT2D eigenvalue weighted by Gasteiger charge is 2.29. The molecule has 0 unspecified atom stereocenters. The average molecular weight is 561 g/mol. The van der Waals surface area contributed by atoms with Crippen LogP contribution in [0.2, 0.25) is 5.02 Å². The maximum absolute atomic E-state index is 14.9. The summed E-state index contributed by atoms with van der Waals surface area (Å²) in [4.78, 5) is 8.72. The van der Waals surface area contributed by atoms with Crippen LogP contribution in [0.3, 0.4) is 0 Å². The van der Waals surface area contributed by atoms with Crippen molar-refractivity contribution in [2.24, 2.45) is 0 Å². The molecule has 2 aromatic carbocycles. The molecule has 1 aromatic heterocycles. The molecule has 0 spiro atoms. The fraction of sp³-hybridized carbons (Fsp3) is 0.370. The quantitative estimate of drug-likeness (QED) is 0.328. The number of nitrogens with one attached hydrogen (secondary N) is 3. The second-order valence-corrected chi connectivity index (χ2v) is 13.3. The van der Waals surface area contributed by atoms with Gasteiger partial charge in [0.15, 0.2) is 0 Å². The number of hydrogen-bond acceptors (Lipinski definition) is 7. The Bertz CT molecular complexity index is 1420. The number of likely N-dealkylation sites (N-methyl/N-ethyl adjacent to an activating group) is 1. The number of halogens is 2. The zero-order valence-electron chi connectivity index (χ0n) is 22.3. The largest absolute Gasteiger partial charge is 0.367 e. The number of benzene rings is 2. The molecule has 2 heterocycles. The van der Waals surface area contributed by atoms with Gasteiger partial charge in [-0.25, -0.2) is 17.8 Å². The highest BCUT2D eigenvalue weighted by atomic mass is 35.5. The van der Waals surface area contributed by atoms with Crippen LogP contribution in [-0.2, 0) is 10.0 Å². The number of rotatable bonds is 7. The van der Waals surface area contributed by atoms with E-state index in [1.807, 2.05) is 19.1 Å². The van der Waals surface area contributed by atoms with Crippen molar-refractivity contribution >= 4 is 55.9 Å². The molecule has 0 amide bonds. The van der Waals surface area contributed by atoms with Crippen LogP contribution in [0.25, 0.3) is 0 Å². The maximum Gasteiger partial charge on any atom is 0.237 e. The van der Waals surface area contributed by atoms with E-state index in [0.29, 0.717) is 27.9 Å². The fourth-order valence-electron chi connectivity index (χ4n) is 3.90. The first kappa shape index (κ1) is 27.9. The molecule has 1 aliphatic heterocycles. The Balaban J connectivity index is 1.51. The monoisotopic (exact) mass is 560 g/mol. The van der Waals surface area contributed by atoms with Gasteiger partial charge in [-0.05, 0) is 76.7 Å². The Labute approximate surface area is 229 Å². The van der Waals surface area contributed by atoms with E-state index in [4.69, 9.17) is 11.6 Å². The van der Waals surface area contributed by atoms with Gasteiger partial charge in [0.25, 0.3) is 0 Å². The van der Waals surface area contributed by atoms with Crippen LogP contribution in [0.5, 0.6) is 0 Å². The maximum atomic E-state index is 14.9. The first-order valence-corrected chi connectivity index (χ1v) is 14.2. The minimum absolute atomic E-state index is 0.281. The van der Waals surface area contributed by atoms with Gasteiger partial charge in [-0.2, -0.15) is 0 Å². The third-order valence-corrected chi connectivity index (χ3v) is 8.89. The zero-order valence-corrected chi connectivity index (χ0v) is 23.8. The number of aryl methyl sites for hydroxylation is 1. The first-order valence-electron chi connectivity index (χ1n) is 12.4. The lowest BCUT2D eigenvalue weighted by atomic mass is 10.2.